The summed E-state index contributed by atoms with van der Waals surface area (Å²) in [6.07, 6.45) is 2.67. The molecular formula is C11H20O3. The van der Waals surface area contributed by atoms with E-state index in [1.165, 1.54) is 0 Å². The second kappa shape index (κ2) is 4.30. The number of hydrogen-bond acceptors (Lipinski definition) is 3. The lowest BCUT2D eigenvalue weighted by Gasteiger charge is -2.15. The molecule has 3 nitrogen and oxygen atoms in total. The summed E-state index contributed by atoms with van der Waals surface area (Å²) in [5.74, 6) is -0.150. The van der Waals surface area contributed by atoms with E-state index >= 15 is 0 Å². The highest BCUT2D eigenvalue weighted by Gasteiger charge is 2.39. The summed E-state index contributed by atoms with van der Waals surface area (Å²) in [4.78, 5) is 11.4. The molecule has 1 aliphatic rings. The number of ether oxygens (including phenoxy) is 2. The van der Waals surface area contributed by atoms with Crippen molar-refractivity contribution in [3.63, 3.8) is 0 Å². The normalized spacial score (nSPS) is 26.0. The van der Waals surface area contributed by atoms with Gasteiger partial charge in [-0.1, -0.05) is 13.3 Å². The Bertz CT molecular complexity index is 205. The molecule has 0 radical (unpaired) electrons. The minimum atomic E-state index is -0.408. The van der Waals surface area contributed by atoms with Gasteiger partial charge in [-0.2, -0.15) is 0 Å². The van der Waals surface area contributed by atoms with Gasteiger partial charge in [-0.05, 0) is 27.2 Å². The summed E-state index contributed by atoms with van der Waals surface area (Å²) in [5.41, 5.74) is -0.408. The van der Waals surface area contributed by atoms with Crippen molar-refractivity contribution in [1.29, 1.82) is 0 Å². The fourth-order valence-corrected chi connectivity index (χ4v) is 1.24. The van der Waals surface area contributed by atoms with Gasteiger partial charge < -0.3 is 9.47 Å². The lowest BCUT2D eigenvalue weighted by molar-refractivity contribution is -0.153. The summed E-state index contributed by atoms with van der Waals surface area (Å²) in [7, 11) is 0. The van der Waals surface area contributed by atoms with E-state index in [2.05, 4.69) is 6.92 Å². The maximum atomic E-state index is 11.4. The van der Waals surface area contributed by atoms with Crippen LogP contribution >= 0.6 is 0 Å². The average Bonchev–Trinajstić information content (AvgIpc) is 2.78. The molecule has 1 aliphatic heterocycles. The third kappa shape index (κ3) is 3.29. The van der Waals surface area contributed by atoms with Crippen molar-refractivity contribution < 1.29 is 14.3 Å². The quantitative estimate of drug-likeness (QED) is 0.515. The molecular weight excluding hydrogens is 180 g/mol. The highest BCUT2D eigenvalue weighted by atomic mass is 16.6. The largest absolute Gasteiger partial charge is 0.462 e. The Hall–Kier alpha value is -0.570. The average molecular weight is 200 g/mol. The van der Waals surface area contributed by atoms with Crippen LogP contribution in [0.4, 0.5) is 0 Å². The van der Waals surface area contributed by atoms with Gasteiger partial charge in [0.1, 0.15) is 12.7 Å². The first-order chi connectivity index (χ1) is 6.45. The minimum absolute atomic E-state index is 0.150. The van der Waals surface area contributed by atoms with Gasteiger partial charge in [0.25, 0.3) is 0 Å². The van der Waals surface area contributed by atoms with Crippen molar-refractivity contribution in [3.05, 3.63) is 0 Å². The van der Waals surface area contributed by atoms with Crippen LogP contribution in [0.25, 0.3) is 0 Å². The molecule has 82 valence electrons. The zero-order valence-corrected chi connectivity index (χ0v) is 9.50. The van der Waals surface area contributed by atoms with Crippen LogP contribution in [-0.4, -0.2) is 24.8 Å². The van der Waals surface area contributed by atoms with Crippen LogP contribution in [0.1, 0.15) is 40.5 Å². The maximum Gasteiger partial charge on any atom is 0.311 e. The van der Waals surface area contributed by atoms with Crippen molar-refractivity contribution in [3.8, 4) is 0 Å². The highest BCUT2D eigenvalue weighted by Crippen LogP contribution is 2.27. The summed E-state index contributed by atoms with van der Waals surface area (Å²) in [6.45, 7) is 8.10. The van der Waals surface area contributed by atoms with E-state index in [0.29, 0.717) is 12.7 Å². The molecule has 0 bridgehead atoms. The molecule has 2 unspecified atom stereocenters. The van der Waals surface area contributed by atoms with Gasteiger partial charge >= 0.3 is 5.97 Å². The molecule has 0 aromatic heterocycles. The standard InChI is InChI=1S/C11H20O3/c1-5-6-8-9(14-8)7-13-10(12)11(2,3)4/h8-9H,5-7H2,1-4H3. The van der Waals surface area contributed by atoms with Gasteiger partial charge in [0.05, 0.1) is 11.5 Å². The summed E-state index contributed by atoms with van der Waals surface area (Å²) < 4.78 is 10.5. The molecule has 1 saturated heterocycles. The lowest BCUT2D eigenvalue weighted by atomic mass is 9.97. The van der Waals surface area contributed by atoms with E-state index in [1.807, 2.05) is 20.8 Å². The molecule has 1 heterocycles. The van der Waals surface area contributed by atoms with Crippen molar-refractivity contribution in [2.45, 2.75) is 52.7 Å². The smallest absolute Gasteiger partial charge is 0.311 e. The van der Waals surface area contributed by atoms with E-state index in [0.717, 1.165) is 12.8 Å². The van der Waals surface area contributed by atoms with Crippen LogP contribution in [0.2, 0.25) is 0 Å². The molecule has 14 heavy (non-hydrogen) atoms. The second-order valence-corrected chi connectivity index (χ2v) is 4.85. The maximum absolute atomic E-state index is 11.4. The van der Waals surface area contributed by atoms with Gasteiger partial charge in [0.15, 0.2) is 0 Å². The molecule has 3 heteroatoms. The van der Waals surface area contributed by atoms with Crippen LogP contribution in [0.5, 0.6) is 0 Å². The molecule has 1 rings (SSSR count). The van der Waals surface area contributed by atoms with Crippen molar-refractivity contribution in [2.75, 3.05) is 6.61 Å². The third-order valence-corrected chi connectivity index (χ3v) is 2.25. The fraction of sp³-hybridized carbons (Fsp3) is 0.909. The molecule has 0 aromatic rings. The Kier molecular flexibility index (Phi) is 3.53. The molecule has 0 aliphatic carbocycles. The number of hydrogen-bond donors (Lipinski definition) is 0. The summed E-state index contributed by atoms with van der Waals surface area (Å²) in [5, 5.41) is 0. The van der Waals surface area contributed by atoms with Crippen LogP contribution < -0.4 is 0 Å². The van der Waals surface area contributed by atoms with E-state index in [9.17, 15) is 4.79 Å². The first kappa shape index (κ1) is 11.5. The number of carbonyl (C=O) groups is 1. The zero-order chi connectivity index (χ0) is 10.8. The minimum Gasteiger partial charge on any atom is -0.462 e. The van der Waals surface area contributed by atoms with Crippen LogP contribution in [-0.2, 0) is 14.3 Å². The summed E-state index contributed by atoms with van der Waals surface area (Å²) >= 11 is 0. The van der Waals surface area contributed by atoms with Gasteiger partial charge in [0, 0.05) is 0 Å². The van der Waals surface area contributed by atoms with Crippen LogP contribution in [0.15, 0.2) is 0 Å². The van der Waals surface area contributed by atoms with Crippen molar-refractivity contribution in [1.82, 2.24) is 0 Å². The Morgan fingerprint density at radius 3 is 2.50 bits per heavy atom. The molecule has 2 atom stereocenters. The molecule has 0 saturated carbocycles. The fourth-order valence-electron chi connectivity index (χ4n) is 1.24. The van der Waals surface area contributed by atoms with Crippen molar-refractivity contribution >= 4 is 5.97 Å². The Labute approximate surface area is 85.8 Å². The first-order valence-electron chi connectivity index (χ1n) is 5.28. The monoisotopic (exact) mass is 200 g/mol. The zero-order valence-electron chi connectivity index (χ0n) is 9.50. The topological polar surface area (TPSA) is 38.8 Å². The van der Waals surface area contributed by atoms with E-state index < -0.39 is 5.41 Å². The van der Waals surface area contributed by atoms with E-state index in [-0.39, 0.29) is 12.1 Å². The first-order valence-corrected chi connectivity index (χ1v) is 5.28. The third-order valence-electron chi connectivity index (χ3n) is 2.25. The van der Waals surface area contributed by atoms with E-state index in [4.69, 9.17) is 9.47 Å². The highest BCUT2D eigenvalue weighted by molar-refractivity contribution is 5.75. The van der Waals surface area contributed by atoms with E-state index in [1.54, 1.807) is 0 Å². The molecule has 1 fully saturated rings. The lowest BCUT2D eigenvalue weighted by Crippen LogP contribution is -2.24. The molecule has 0 amide bonds. The number of epoxide rings is 1. The van der Waals surface area contributed by atoms with Gasteiger partial charge in [-0.15, -0.1) is 0 Å². The predicted octanol–water partition coefficient (Wildman–Crippen LogP) is 2.14. The Morgan fingerprint density at radius 2 is 2.00 bits per heavy atom. The van der Waals surface area contributed by atoms with Crippen LogP contribution in [0, 0.1) is 5.41 Å². The number of carbonyl (C=O) groups excluding carboxylic acids is 1. The van der Waals surface area contributed by atoms with Crippen LogP contribution in [0.3, 0.4) is 0 Å². The summed E-state index contributed by atoms with van der Waals surface area (Å²) in [6, 6.07) is 0. The molecule has 0 N–H and O–H groups in total. The van der Waals surface area contributed by atoms with Crippen molar-refractivity contribution in [2.24, 2.45) is 5.41 Å². The second-order valence-electron chi connectivity index (χ2n) is 4.85. The molecule has 0 spiro atoms. The van der Waals surface area contributed by atoms with Gasteiger partial charge in [0.2, 0.25) is 0 Å². The Balaban J connectivity index is 2.14. The number of rotatable bonds is 4. The van der Waals surface area contributed by atoms with Gasteiger partial charge in [-0.25, -0.2) is 0 Å². The number of esters is 1. The predicted molar refractivity (Wildman–Crippen MR) is 54.0 cm³/mol. The molecule has 0 aromatic carbocycles. The Morgan fingerprint density at radius 1 is 1.36 bits per heavy atom. The SMILES string of the molecule is CCCC1OC1COC(=O)C(C)(C)C. The van der Waals surface area contributed by atoms with Gasteiger partial charge in [-0.3, -0.25) is 4.79 Å².